The first-order chi connectivity index (χ1) is 13.3. The molecule has 2 aromatic carbocycles. The summed E-state index contributed by atoms with van der Waals surface area (Å²) in [4.78, 5) is 25.6. The molecule has 28 heavy (non-hydrogen) atoms. The highest BCUT2D eigenvalue weighted by Gasteiger charge is 2.35. The third-order valence-corrected chi connectivity index (χ3v) is 5.30. The summed E-state index contributed by atoms with van der Waals surface area (Å²) in [5.41, 5.74) is 4.56. The smallest absolute Gasteiger partial charge is 0.251 e. The maximum Gasteiger partial charge on any atom is 0.251 e. The lowest BCUT2D eigenvalue weighted by atomic mass is 9.84. The van der Waals surface area contributed by atoms with E-state index in [1.54, 1.807) is 31.3 Å². The van der Waals surface area contributed by atoms with Crippen molar-refractivity contribution in [2.24, 2.45) is 5.92 Å². The van der Waals surface area contributed by atoms with Crippen LogP contribution in [0, 0.1) is 24.2 Å². The van der Waals surface area contributed by atoms with Gasteiger partial charge < -0.3 is 10.4 Å². The minimum atomic E-state index is -0.971. The number of nitrogens with one attached hydrogen (secondary N) is 1. The number of carbonyl (C=O) groups excluding carboxylic acids is 2. The second-order valence-corrected chi connectivity index (χ2v) is 7.15. The highest BCUT2D eigenvalue weighted by atomic mass is 16.3. The van der Waals surface area contributed by atoms with Gasteiger partial charge in [-0.2, -0.15) is 5.26 Å². The molecule has 1 aliphatic heterocycles. The van der Waals surface area contributed by atoms with Crippen LogP contribution in [0.25, 0.3) is 0 Å². The number of aryl methyl sites for hydroxylation is 1. The SMILES string of the molecule is CNC(=O)c1ccc2c(c1)C[C@@H](Cc1cc(C#N)ccc1C)[C@H](O)N2C(C)=O. The summed E-state index contributed by atoms with van der Waals surface area (Å²) in [5, 5.41) is 22.7. The fourth-order valence-electron chi connectivity index (χ4n) is 3.79. The predicted molar refractivity (Wildman–Crippen MR) is 106 cm³/mol. The molecular weight excluding hydrogens is 354 g/mol. The number of carbonyl (C=O) groups is 2. The molecule has 0 spiro atoms. The van der Waals surface area contributed by atoms with E-state index in [1.165, 1.54) is 11.8 Å². The Kier molecular flexibility index (Phi) is 5.48. The molecule has 0 bridgehead atoms. The van der Waals surface area contributed by atoms with Gasteiger partial charge in [0.05, 0.1) is 11.6 Å². The first-order valence-corrected chi connectivity index (χ1v) is 9.18. The third kappa shape index (κ3) is 3.62. The summed E-state index contributed by atoms with van der Waals surface area (Å²) >= 11 is 0. The van der Waals surface area contributed by atoms with Crippen LogP contribution in [-0.4, -0.2) is 30.2 Å². The molecule has 0 saturated carbocycles. The van der Waals surface area contributed by atoms with E-state index in [9.17, 15) is 20.0 Å². The topological polar surface area (TPSA) is 93.4 Å². The molecule has 1 heterocycles. The van der Waals surface area contributed by atoms with Gasteiger partial charge >= 0.3 is 0 Å². The molecular formula is C22H23N3O3. The van der Waals surface area contributed by atoms with E-state index in [0.29, 0.717) is 29.7 Å². The monoisotopic (exact) mass is 377 g/mol. The summed E-state index contributed by atoms with van der Waals surface area (Å²) in [6.45, 7) is 3.38. The molecule has 2 N–H and O–H groups in total. The average molecular weight is 377 g/mol. The Bertz CT molecular complexity index is 977. The lowest BCUT2D eigenvalue weighted by molar-refractivity contribution is -0.119. The fourth-order valence-corrected chi connectivity index (χ4v) is 3.79. The number of anilines is 1. The molecule has 3 rings (SSSR count). The maximum absolute atomic E-state index is 12.3. The van der Waals surface area contributed by atoms with E-state index in [2.05, 4.69) is 11.4 Å². The van der Waals surface area contributed by atoms with Gasteiger partial charge in [-0.05, 0) is 66.8 Å². The van der Waals surface area contributed by atoms with E-state index in [0.717, 1.165) is 16.7 Å². The highest BCUT2D eigenvalue weighted by Crippen LogP contribution is 2.36. The molecule has 1 aliphatic rings. The second kappa shape index (κ2) is 7.83. The van der Waals surface area contributed by atoms with Gasteiger partial charge in [-0.15, -0.1) is 0 Å². The summed E-state index contributed by atoms with van der Waals surface area (Å²) in [6, 6.07) is 12.8. The zero-order valence-corrected chi connectivity index (χ0v) is 16.2. The predicted octanol–water partition coefficient (Wildman–Crippen LogP) is 2.31. The van der Waals surface area contributed by atoms with E-state index in [-0.39, 0.29) is 17.7 Å². The molecule has 0 radical (unpaired) electrons. The number of nitriles is 1. The van der Waals surface area contributed by atoms with Crippen LogP contribution in [0.4, 0.5) is 5.69 Å². The number of aliphatic hydroxyl groups excluding tert-OH is 1. The van der Waals surface area contributed by atoms with Crippen molar-refractivity contribution in [3.05, 3.63) is 64.2 Å². The number of aliphatic hydroxyl groups is 1. The van der Waals surface area contributed by atoms with Crippen molar-refractivity contribution in [1.82, 2.24) is 5.32 Å². The maximum atomic E-state index is 12.3. The lowest BCUT2D eigenvalue weighted by Gasteiger charge is -2.39. The van der Waals surface area contributed by atoms with Crippen LogP contribution >= 0.6 is 0 Å². The van der Waals surface area contributed by atoms with Crippen molar-refractivity contribution in [3.63, 3.8) is 0 Å². The highest BCUT2D eigenvalue weighted by molar-refractivity contribution is 5.97. The largest absolute Gasteiger partial charge is 0.373 e. The quantitative estimate of drug-likeness (QED) is 0.858. The number of benzene rings is 2. The Morgan fingerprint density at radius 1 is 1.29 bits per heavy atom. The molecule has 2 amide bonds. The standard InChI is InChI=1S/C22H23N3O3/c1-13-4-5-15(12-23)8-17(13)10-19-11-18-9-16(21(27)24-3)6-7-20(18)25(14(2)26)22(19)28/h4-9,19,22,28H,10-11H2,1-3H3,(H,24,27)/t19-,22+/m1/s1. The molecule has 0 aliphatic carbocycles. The van der Waals surface area contributed by atoms with E-state index < -0.39 is 6.23 Å². The van der Waals surface area contributed by atoms with Crippen molar-refractivity contribution in [2.45, 2.75) is 32.9 Å². The zero-order valence-electron chi connectivity index (χ0n) is 16.2. The van der Waals surface area contributed by atoms with Gasteiger partial charge in [-0.25, -0.2) is 0 Å². The molecule has 6 heteroatoms. The minimum absolute atomic E-state index is 0.197. The van der Waals surface area contributed by atoms with E-state index in [4.69, 9.17) is 0 Å². The van der Waals surface area contributed by atoms with Gasteiger partial charge in [0.25, 0.3) is 5.91 Å². The van der Waals surface area contributed by atoms with Gasteiger partial charge in [-0.3, -0.25) is 14.5 Å². The Balaban J connectivity index is 2.00. The fraction of sp³-hybridized carbons (Fsp3) is 0.318. The Morgan fingerprint density at radius 3 is 2.68 bits per heavy atom. The van der Waals surface area contributed by atoms with Crippen LogP contribution in [0.2, 0.25) is 0 Å². The Labute approximate surface area is 164 Å². The van der Waals surface area contributed by atoms with Gasteiger partial charge in [0.2, 0.25) is 5.91 Å². The van der Waals surface area contributed by atoms with Gasteiger partial charge in [0.15, 0.2) is 0 Å². The summed E-state index contributed by atoms with van der Waals surface area (Å²) in [6.07, 6.45) is 0.0816. The van der Waals surface area contributed by atoms with Gasteiger partial charge in [0, 0.05) is 31.1 Å². The van der Waals surface area contributed by atoms with Crippen molar-refractivity contribution in [2.75, 3.05) is 11.9 Å². The molecule has 0 fully saturated rings. The number of amides is 2. The summed E-state index contributed by atoms with van der Waals surface area (Å²) in [7, 11) is 1.57. The van der Waals surface area contributed by atoms with Crippen molar-refractivity contribution >= 4 is 17.5 Å². The number of hydrogen-bond acceptors (Lipinski definition) is 4. The van der Waals surface area contributed by atoms with Crippen LogP contribution in [0.3, 0.4) is 0 Å². The lowest BCUT2D eigenvalue weighted by Crippen LogP contribution is -2.48. The van der Waals surface area contributed by atoms with Crippen molar-refractivity contribution < 1.29 is 14.7 Å². The number of fused-ring (bicyclic) bond motifs is 1. The number of hydrogen-bond donors (Lipinski definition) is 2. The van der Waals surface area contributed by atoms with Gasteiger partial charge in [0.1, 0.15) is 6.23 Å². The molecule has 6 nitrogen and oxygen atoms in total. The van der Waals surface area contributed by atoms with Crippen molar-refractivity contribution in [3.8, 4) is 6.07 Å². The van der Waals surface area contributed by atoms with Crippen LogP contribution < -0.4 is 10.2 Å². The van der Waals surface area contributed by atoms with E-state index >= 15 is 0 Å². The van der Waals surface area contributed by atoms with Crippen LogP contribution in [0.15, 0.2) is 36.4 Å². The third-order valence-electron chi connectivity index (χ3n) is 5.30. The zero-order chi connectivity index (χ0) is 20.4. The van der Waals surface area contributed by atoms with E-state index in [1.807, 2.05) is 19.1 Å². The Hall–Kier alpha value is -3.17. The molecule has 0 saturated heterocycles. The molecule has 2 aromatic rings. The molecule has 144 valence electrons. The number of rotatable bonds is 3. The van der Waals surface area contributed by atoms with Crippen molar-refractivity contribution in [1.29, 1.82) is 5.26 Å². The van der Waals surface area contributed by atoms with Crippen LogP contribution in [-0.2, 0) is 17.6 Å². The molecule has 2 atom stereocenters. The summed E-state index contributed by atoms with van der Waals surface area (Å²) < 4.78 is 0. The first kappa shape index (κ1) is 19.6. The first-order valence-electron chi connectivity index (χ1n) is 9.18. The van der Waals surface area contributed by atoms with Gasteiger partial charge in [-0.1, -0.05) is 6.07 Å². The number of nitrogens with zero attached hydrogens (tertiary/aromatic N) is 2. The average Bonchev–Trinajstić information content (AvgIpc) is 2.68. The minimum Gasteiger partial charge on any atom is -0.373 e. The molecule has 0 aromatic heterocycles. The van der Waals surface area contributed by atoms with Crippen LogP contribution in [0.1, 0.15) is 39.5 Å². The van der Waals surface area contributed by atoms with Crippen LogP contribution in [0.5, 0.6) is 0 Å². The molecule has 0 unspecified atom stereocenters. The normalized spacial score (nSPS) is 18.2. The Morgan fingerprint density at radius 2 is 2.04 bits per heavy atom. The second-order valence-electron chi connectivity index (χ2n) is 7.15. The summed E-state index contributed by atoms with van der Waals surface area (Å²) in [5.74, 6) is -0.699.